The fraction of sp³-hybridized carbons (Fsp3) is 0.286. The Morgan fingerprint density at radius 3 is 2.32 bits per heavy atom. The summed E-state index contributed by atoms with van der Waals surface area (Å²) in [7, 11) is -4.26. The first-order valence-electron chi connectivity index (χ1n) is 9.52. The summed E-state index contributed by atoms with van der Waals surface area (Å²) >= 11 is 0. The van der Waals surface area contributed by atoms with Gasteiger partial charge in [0.05, 0.1) is 11.4 Å². The Hall–Kier alpha value is -3.08. The molecule has 0 spiro atoms. The van der Waals surface area contributed by atoms with Gasteiger partial charge in [-0.05, 0) is 54.7 Å². The smallest absolute Gasteiger partial charge is 0.268 e. The highest BCUT2D eigenvalue weighted by Gasteiger charge is 2.21. The lowest BCUT2D eigenvalue weighted by Crippen LogP contribution is -2.23. The van der Waals surface area contributed by atoms with Gasteiger partial charge in [-0.3, -0.25) is 4.55 Å². The quantitative estimate of drug-likeness (QED) is 0.150. The van der Waals surface area contributed by atoms with Crippen molar-refractivity contribution in [2.45, 2.75) is 30.6 Å². The molecule has 0 aliphatic heterocycles. The Balaban J connectivity index is 1.91. The first kappa shape index (κ1) is 24.2. The number of aromatic hydroxyl groups is 1. The maximum absolute atomic E-state index is 11.7. The first-order valence-corrected chi connectivity index (χ1v) is 11.0. The molecule has 0 fully saturated rings. The number of allylic oxidation sites excluding steroid dienone is 1. The average molecular weight is 450 g/mol. The molecular weight excluding hydrogens is 422 g/mol. The van der Waals surface area contributed by atoms with Crippen LogP contribution in [0.4, 0.5) is 0 Å². The molecule has 0 aromatic heterocycles. The lowest BCUT2D eigenvalue weighted by Gasteiger charge is -2.13. The van der Waals surface area contributed by atoms with Gasteiger partial charge in [0.25, 0.3) is 10.1 Å². The second-order valence-electron chi connectivity index (χ2n) is 6.88. The van der Waals surface area contributed by atoms with Crippen LogP contribution in [0, 0.1) is 0 Å². The predicted octanol–water partition coefficient (Wildman–Crippen LogP) is 1.87. The van der Waals surface area contributed by atoms with Crippen molar-refractivity contribution in [2.24, 2.45) is 16.5 Å². The highest BCUT2D eigenvalue weighted by Crippen LogP contribution is 2.20. The molecule has 0 aliphatic rings. The number of ether oxygens (including phenoxy) is 1. The van der Waals surface area contributed by atoms with Gasteiger partial charge in [-0.1, -0.05) is 36.4 Å². The summed E-state index contributed by atoms with van der Waals surface area (Å²) < 4.78 is 38.4. The van der Waals surface area contributed by atoms with Gasteiger partial charge in [0.1, 0.15) is 11.5 Å². The molecule has 168 valence electrons. The van der Waals surface area contributed by atoms with E-state index in [0.29, 0.717) is 17.7 Å². The summed E-state index contributed by atoms with van der Waals surface area (Å²) in [6.45, 7) is -0.00512. The Labute approximate surface area is 181 Å². The van der Waals surface area contributed by atoms with E-state index in [4.69, 9.17) is 16.2 Å². The van der Waals surface area contributed by atoms with Gasteiger partial charge in [-0.2, -0.15) is 8.42 Å². The van der Waals surface area contributed by atoms with E-state index < -0.39 is 21.5 Å². The number of hydrogen-bond acceptors (Lipinski definition) is 6. The Morgan fingerprint density at radius 1 is 1.10 bits per heavy atom. The van der Waals surface area contributed by atoms with Crippen LogP contribution in [-0.2, 0) is 16.5 Å². The largest absolute Gasteiger partial charge is 0.508 e. The minimum absolute atomic E-state index is 0.00512. The number of aryl methyl sites for hydroxylation is 1. The van der Waals surface area contributed by atoms with Crippen molar-refractivity contribution in [3.8, 4) is 11.5 Å². The van der Waals surface area contributed by atoms with Crippen molar-refractivity contribution in [2.75, 3.05) is 6.73 Å². The summed E-state index contributed by atoms with van der Waals surface area (Å²) in [6.07, 6.45) is 2.70. The zero-order valence-electron chi connectivity index (χ0n) is 16.8. The molecule has 0 radical (unpaired) electrons. The summed E-state index contributed by atoms with van der Waals surface area (Å²) in [5.41, 5.74) is 11.9. The first-order chi connectivity index (χ1) is 14.6. The van der Waals surface area contributed by atoms with Crippen molar-refractivity contribution < 1.29 is 27.9 Å². The van der Waals surface area contributed by atoms with Crippen LogP contribution in [0.1, 0.15) is 30.1 Å². The second kappa shape index (κ2) is 11.3. The van der Waals surface area contributed by atoms with Crippen LogP contribution in [0.15, 0.2) is 65.7 Å². The SMILES string of the molecule is NC(N)=NCOc1ccc(CC[C@H](C/C=C/[C@@H](O)c2ccc(O)cc2)S(=O)(=O)O)cc1. The maximum Gasteiger partial charge on any atom is 0.268 e. The molecule has 2 aromatic carbocycles. The molecular formula is C21H27N3O6S. The Kier molecular flexibility index (Phi) is 8.86. The zero-order chi connectivity index (χ0) is 22.9. The fourth-order valence-corrected chi connectivity index (χ4v) is 3.56. The number of aliphatic hydroxyl groups is 1. The molecule has 2 atom stereocenters. The maximum atomic E-state index is 11.7. The molecule has 2 aromatic rings. The standard InChI is InChI=1S/C21H27N3O6S/c22-21(23)24-14-30-18-11-4-15(5-12-18)6-13-19(31(27,28)29)2-1-3-20(26)16-7-9-17(25)10-8-16/h1,3-5,7-12,19-20,25-26H,2,6,13-14H2,(H4,22,23,24)(H,27,28,29)/b3-1+/t19-,20+/m0/s1. The number of rotatable bonds is 11. The number of aliphatic imine (C=N–C) groups is 1. The van der Waals surface area contributed by atoms with Crippen LogP contribution >= 0.6 is 0 Å². The molecule has 31 heavy (non-hydrogen) atoms. The van der Waals surface area contributed by atoms with E-state index in [1.165, 1.54) is 24.3 Å². The van der Waals surface area contributed by atoms with Gasteiger partial charge in [-0.25, -0.2) is 4.99 Å². The van der Waals surface area contributed by atoms with Crippen LogP contribution in [0.25, 0.3) is 0 Å². The second-order valence-corrected chi connectivity index (χ2v) is 8.57. The van der Waals surface area contributed by atoms with Gasteiger partial charge in [0.2, 0.25) is 0 Å². The number of phenols is 1. The number of nitrogens with zero attached hydrogens (tertiary/aromatic N) is 1. The third-order valence-corrected chi connectivity index (χ3v) is 5.80. The van der Waals surface area contributed by atoms with Crippen molar-refractivity contribution in [1.29, 1.82) is 0 Å². The van der Waals surface area contributed by atoms with Gasteiger partial charge < -0.3 is 26.4 Å². The highest BCUT2D eigenvalue weighted by molar-refractivity contribution is 7.86. The van der Waals surface area contributed by atoms with Crippen molar-refractivity contribution in [3.05, 3.63) is 71.8 Å². The van der Waals surface area contributed by atoms with E-state index >= 15 is 0 Å². The summed E-state index contributed by atoms with van der Waals surface area (Å²) in [6, 6.07) is 13.0. The molecule has 0 bridgehead atoms. The van der Waals surface area contributed by atoms with Gasteiger partial charge in [0, 0.05) is 0 Å². The van der Waals surface area contributed by atoms with Crippen LogP contribution in [0.5, 0.6) is 11.5 Å². The number of nitrogens with two attached hydrogens (primary N) is 2. The zero-order valence-corrected chi connectivity index (χ0v) is 17.6. The summed E-state index contributed by atoms with van der Waals surface area (Å²) in [5.74, 6) is 0.573. The number of guanidine groups is 1. The molecule has 0 unspecified atom stereocenters. The Bertz CT molecular complexity index is 985. The fourth-order valence-electron chi connectivity index (χ4n) is 2.79. The molecule has 0 saturated heterocycles. The normalized spacial score (nSPS) is 13.6. The molecule has 0 amide bonds. The van der Waals surface area contributed by atoms with Crippen molar-refractivity contribution >= 4 is 16.1 Å². The molecule has 9 nitrogen and oxygen atoms in total. The lowest BCUT2D eigenvalue weighted by atomic mass is 10.1. The van der Waals surface area contributed by atoms with Crippen molar-refractivity contribution in [3.63, 3.8) is 0 Å². The number of aliphatic hydroxyl groups excluding tert-OH is 1. The molecule has 0 saturated carbocycles. The molecule has 10 heteroatoms. The minimum atomic E-state index is -4.26. The third kappa shape index (κ3) is 8.67. The monoisotopic (exact) mass is 449 g/mol. The average Bonchev–Trinajstić information content (AvgIpc) is 2.70. The van der Waals surface area contributed by atoms with E-state index in [9.17, 15) is 23.2 Å². The van der Waals surface area contributed by atoms with Crippen LogP contribution < -0.4 is 16.2 Å². The minimum Gasteiger partial charge on any atom is -0.508 e. The predicted molar refractivity (Wildman–Crippen MR) is 118 cm³/mol. The van der Waals surface area contributed by atoms with Gasteiger partial charge in [0.15, 0.2) is 12.7 Å². The molecule has 0 heterocycles. The number of benzene rings is 2. The van der Waals surface area contributed by atoms with Crippen LogP contribution in [-0.4, -0.2) is 41.1 Å². The van der Waals surface area contributed by atoms with E-state index in [1.54, 1.807) is 36.4 Å². The van der Waals surface area contributed by atoms with E-state index in [-0.39, 0.29) is 31.3 Å². The molecule has 7 N–H and O–H groups in total. The summed E-state index contributed by atoms with van der Waals surface area (Å²) in [5, 5.41) is 18.4. The summed E-state index contributed by atoms with van der Waals surface area (Å²) in [4.78, 5) is 3.71. The Morgan fingerprint density at radius 2 is 1.74 bits per heavy atom. The van der Waals surface area contributed by atoms with Gasteiger partial charge >= 0.3 is 0 Å². The van der Waals surface area contributed by atoms with Crippen molar-refractivity contribution in [1.82, 2.24) is 0 Å². The highest BCUT2D eigenvalue weighted by atomic mass is 32.2. The third-order valence-electron chi connectivity index (χ3n) is 4.53. The van der Waals surface area contributed by atoms with E-state index in [0.717, 1.165) is 5.56 Å². The molecule has 0 aliphatic carbocycles. The number of phenolic OH excluding ortho intramolecular Hbond substituents is 1. The van der Waals surface area contributed by atoms with E-state index in [1.807, 2.05) is 0 Å². The van der Waals surface area contributed by atoms with E-state index in [2.05, 4.69) is 4.99 Å². The number of hydrogen-bond donors (Lipinski definition) is 5. The lowest BCUT2D eigenvalue weighted by molar-refractivity contribution is 0.228. The topological polar surface area (TPSA) is 168 Å². The van der Waals surface area contributed by atoms with Gasteiger partial charge in [-0.15, -0.1) is 0 Å². The van der Waals surface area contributed by atoms with Crippen LogP contribution in [0.3, 0.4) is 0 Å². The molecule has 2 rings (SSSR count). The van der Waals surface area contributed by atoms with Crippen LogP contribution in [0.2, 0.25) is 0 Å².